The molecular weight excluding hydrogens is 270 g/mol. The molecule has 2 aromatic heterocycles. The van der Waals surface area contributed by atoms with Crippen molar-refractivity contribution in [1.29, 1.82) is 0 Å². The number of rotatable bonds is 7. The molecule has 0 spiro atoms. The van der Waals surface area contributed by atoms with Crippen LogP contribution in [0.1, 0.15) is 21.2 Å². The summed E-state index contributed by atoms with van der Waals surface area (Å²) in [5.41, 5.74) is 0. The molecule has 2 rings (SSSR count). The van der Waals surface area contributed by atoms with Gasteiger partial charge in [0.15, 0.2) is 5.13 Å². The average molecular weight is 285 g/mol. The van der Waals surface area contributed by atoms with E-state index in [-0.39, 0.29) is 13.2 Å². The van der Waals surface area contributed by atoms with Crippen LogP contribution in [0.25, 0.3) is 0 Å². The monoisotopic (exact) mass is 285 g/mol. The lowest BCUT2D eigenvalue weighted by Gasteiger charge is -2.00. The van der Waals surface area contributed by atoms with E-state index in [0.717, 1.165) is 39.3 Å². The highest BCUT2D eigenvalue weighted by Crippen LogP contribution is 2.18. The SMILES string of the molecule is OCc1cnc(CCCNc2ncc(CO)s2)s1. The number of aryl methyl sites for hydroxylation is 1. The minimum Gasteiger partial charge on any atom is -0.391 e. The number of hydrogen-bond donors (Lipinski definition) is 3. The summed E-state index contributed by atoms with van der Waals surface area (Å²) in [5.74, 6) is 0. The van der Waals surface area contributed by atoms with Crippen molar-refractivity contribution in [3.63, 3.8) is 0 Å². The van der Waals surface area contributed by atoms with Crippen LogP contribution in [0, 0.1) is 0 Å². The number of hydrogen-bond acceptors (Lipinski definition) is 7. The van der Waals surface area contributed by atoms with Gasteiger partial charge in [-0.15, -0.1) is 11.3 Å². The molecule has 3 N–H and O–H groups in total. The second-order valence-electron chi connectivity index (χ2n) is 3.70. The molecule has 0 aliphatic rings. The van der Waals surface area contributed by atoms with Gasteiger partial charge in [-0.3, -0.25) is 0 Å². The first kappa shape index (κ1) is 13.4. The topological polar surface area (TPSA) is 78.3 Å². The summed E-state index contributed by atoms with van der Waals surface area (Å²) >= 11 is 3.02. The number of aliphatic hydroxyl groups excluding tert-OH is 2. The second-order valence-corrected chi connectivity index (χ2v) is 6.01. The molecule has 0 saturated heterocycles. The number of anilines is 1. The van der Waals surface area contributed by atoms with Crippen LogP contribution in [0.5, 0.6) is 0 Å². The van der Waals surface area contributed by atoms with Gasteiger partial charge >= 0.3 is 0 Å². The molecule has 0 radical (unpaired) electrons. The molecule has 0 atom stereocenters. The van der Waals surface area contributed by atoms with Crippen molar-refractivity contribution < 1.29 is 10.2 Å². The van der Waals surface area contributed by atoms with Crippen LogP contribution in [0.15, 0.2) is 12.4 Å². The third kappa shape index (κ3) is 3.74. The summed E-state index contributed by atoms with van der Waals surface area (Å²) in [4.78, 5) is 10.2. The van der Waals surface area contributed by atoms with Crippen molar-refractivity contribution in [3.05, 3.63) is 27.2 Å². The Morgan fingerprint density at radius 3 is 2.44 bits per heavy atom. The van der Waals surface area contributed by atoms with E-state index < -0.39 is 0 Å². The van der Waals surface area contributed by atoms with Crippen molar-refractivity contribution in [1.82, 2.24) is 9.97 Å². The first-order chi connectivity index (χ1) is 8.81. The van der Waals surface area contributed by atoms with E-state index in [4.69, 9.17) is 10.2 Å². The zero-order chi connectivity index (χ0) is 12.8. The molecule has 0 saturated carbocycles. The van der Waals surface area contributed by atoms with Gasteiger partial charge in [-0.25, -0.2) is 9.97 Å². The molecule has 0 aliphatic heterocycles. The van der Waals surface area contributed by atoms with Crippen LogP contribution < -0.4 is 5.32 Å². The highest BCUT2D eigenvalue weighted by molar-refractivity contribution is 7.15. The molecule has 0 amide bonds. The number of aromatic nitrogens is 2. The van der Waals surface area contributed by atoms with Crippen molar-refractivity contribution in [2.45, 2.75) is 26.1 Å². The fourth-order valence-electron chi connectivity index (χ4n) is 1.43. The lowest BCUT2D eigenvalue weighted by atomic mass is 10.3. The van der Waals surface area contributed by atoms with Gasteiger partial charge in [0.1, 0.15) is 0 Å². The number of nitrogens with one attached hydrogen (secondary N) is 1. The molecule has 5 nitrogen and oxygen atoms in total. The molecule has 2 aromatic rings. The van der Waals surface area contributed by atoms with Crippen LogP contribution in [0.4, 0.5) is 5.13 Å². The Morgan fingerprint density at radius 1 is 1.06 bits per heavy atom. The number of nitrogens with zero attached hydrogens (tertiary/aromatic N) is 2. The fraction of sp³-hybridized carbons (Fsp3) is 0.455. The molecule has 18 heavy (non-hydrogen) atoms. The number of aliphatic hydroxyl groups is 2. The van der Waals surface area contributed by atoms with Crippen molar-refractivity contribution in [2.24, 2.45) is 0 Å². The molecular formula is C11H15N3O2S2. The molecule has 2 heterocycles. The fourth-order valence-corrected chi connectivity index (χ4v) is 2.96. The molecule has 0 aromatic carbocycles. The molecule has 0 aliphatic carbocycles. The highest BCUT2D eigenvalue weighted by atomic mass is 32.1. The predicted molar refractivity (Wildman–Crippen MR) is 72.9 cm³/mol. The van der Waals surface area contributed by atoms with Crippen LogP contribution in [-0.4, -0.2) is 26.7 Å². The largest absolute Gasteiger partial charge is 0.391 e. The third-order valence-electron chi connectivity index (χ3n) is 2.31. The Balaban J connectivity index is 1.69. The standard InChI is InChI=1S/C11H15N3O2S2/c15-6-8-4-13-10(17-8)2-1-3-12-11-14-5-9(7-16)18-11/h4-5,15-16H,1-3,6-7H2,(H,12,14). The molecule has 0 fully saturated rings. The summed E-state index contributed by atoms with van der Waals surface area (Å²) in [7, 11) is 0. The Kier molecular flexibility index (Phi) is 5.06. The van der Waals surface area contributed by atoms with Gasteiger partial charge in [0.2, 0.25) is 0 Å². The van der Waals surface area contributed by atoms with E-state index in [9.17, 15) is 0 Å². The Morgan fingerprint density at radius 2 is 1.78 bits per heavy atom. The van der Waals surface area contributed by atoms with E-state index in [2.05, 4.69) is 15.3 Å². The van der Waals surface area contributed by atoms with E-state index in [1.54, 1.807) is 23.7 Å². The summed E-state index contributed by atoms with van der Waals surface area (Å²) < 4.78 is 0. The molecule has 0 unspecified atom stereocenters. The first-order valence-electron chi connectivity index (χ1n) is 5.65. The maximum atomic E-state index is 8.93. The summed E-state index contributed by atoms with van der Waals surface area (Å²) in [6.45, 7) is 0.938. The minimum atomic E-state index is 0.0440. The van der Waals surface area contributed by atoms with Crippen molar-refractivity contribution in [2.75, 3.05) is 11.9 Å². The minimum absolute atomic E-state index is 0.0440. The highest BCUT2D eigenvalue weighted by Gasteiger charge is 2.02. The van der Waals surface area contributed by atoms with Gasteiger partial charge in [-0.05, 0) is 6.42 Å². The van der Waals surface area contributed by atoms with Crippen LogP contribution >= 0.6 is 22.7 Å². The second kappa shape index (κ2) is 6.79. The van der Waals surface area contributed by atoms with Gasteiger partial charge in [0, 0.05) is 25.4 Å². The Bertz CT molecular complexity index is 440. The molecule has 7 heteroatoms. The summed E-state index contributed by atoms with van der Waals surface area (Å²) in [6.07, 6.45) is 5.27. The van der Waals surface area contributed by atoms with Gasteiger partial charge in [-0.2, -0.15) is 0 Å². The lowest BCUT2D eigenvalue weighted by molar-refractivity contribution is 0.285. The van der Waals surface area contributed by atoms with Crippen molar-refractivity contribution in [3.8, 4) is 0 Å². The van der Waals surface area contributed by atoms with Crippen LogP contribution in [-0.2, 0) is 19.6 Å². The van der Waals surface area contributed by atoms with E-state index >= 15 is 0 Å². The lowest BCUT2D eigenvalue weighted by Crippen LogP contribution is -2.02. The van der Waals surface area contributed by atoms with Crippen molar-refractivity contribution >= 4 is 27.8 Å². The normalized spacial score (nSPS) is 10.8. The Labute approximate surface area is 113 Å². The van der Waals surface area contributed by atoms with Crippen LogP contribution in [0.3, 0.4) is 0 Å². The van der Waals surface area contributed by atoms with Crippen LogP contribution in [0.2, 0.25) is 0 Å². The van der Waals surface area contributed by atoms with E-state index in [1.165, 1.54) is 11.3 Å². The van der Waals surface area contributed by atoms with Gasteiger partial charge in [0.25, 0.3) is 0 Å². The van der Waals surface area contributed by atoms with Gasteiger partial charge < -0.3 is 15.5 Å². The smallest absolute Gasteiger partial charge is 0.182 e. The average Bonchev–Trinajstić information content (AvgIpc) is 3.03. The first-order valence-corrected chi connectivity index (χ1v) is 7.29. The zero-order valence-corrected chi connectivity index (χ0v) is 11.4. The maximum absolute atomic E-state index is 8.93. The van der Waals surface area contributed by atoms with E-state index in [0.29, 0.717) is 0 Å². The van der Waals surface area contributed by atoms with Gasteiger partial charge in [-0.1, -0.05) is 11.3 Å². The van der Waals surface area contributed by atoms with Gasteiger partial charge in [0.05, 0.1) is 28.0 Å². The maximum Gasteiger partial charge on any atom is 0.182 e. The summed E-state index contributed by atoms with van der Waals surface area (Å²) in [6, 6.07) is 0. The number of thiazole rings is 2. The molecule has 0 bridgehead atoms. The predicted octanol–water partition coefficient (Wildman–Crippen LogP) is 1.63. The molecule has 98 valence electrons. The van der Waals surface area contributed by atoms with E-state index in [1.807, 2.05) is 0 Å². The quantitative estimate of drug-likeness (QED) is 0.674. The zero-order valence-electron chi connectivity index (χ0n) is 9.80. The summed E-state index contributed by atoms with van der Waals surface area (Å²) in [5, 5.41) is 22.9. The third-order valence-corrected chi connectivity index (χ3v) is 4.29. The Hall–Kier alpha value is -1.02.